The van der Waals surface area contributed by atoms with Crippen LogP contribution in [0.3, 0.4) is 0 Å². The van der Waals surface area contributed by atoms with Crippen LogP contribution in [-0.4, -0.2) is 22.0 Å². The van der Waals surface area contributed by atoms with E-state index < -0.39 is 6.04 Å². The molecule has 148 valence electrons. The maximum absolute atomic E-state index is 13.3. The molecule has 0 saturated carbocycles. The molecule has 2 saturated heterocycles. The number of amides is 1. The molecule has 0 radical (unpaired) electrons. The molecule has 2 aliphatic heterocycles. The maximum Gasteiger partial charge on any atom is 0.242 e. The van der Waals surface area contributed by atoms with E-state index in [4.69, 9.17) is 16.0 Å². The lowest BCUT2D eigenvalue weighted by atomic mass is 9.83. The third-order valence-corrected chi connectivity index (χ3v) is 6.06. The zero-order chi connectivity index (χ0) is 20.0. The molecule has 3 aromatic rings. The Kier molecular flexibility index (Phi) is 4.54. The average molecular weight is 410 g/mol. The standard InChI is InChI=1S/C22H20ClN3O3/c23-14-9-7-13(8-10-14)21-18-19(16-5-1-2-6-17(16)27)24-25-20(18)22(28)26(21)12-15-4-3-11-29-15/h1-11,18-21,24-25,27H,12H2. The van der Waals surface area contributed by atoms with Crippen molar-refractivity contribution in [3.8, 4) is 5.75 Å². The second kappa shape index (κ2) is 7.22. The number of carbonyl (C=O) groups excluding carboxylic acids is 1. The van der Waals surface area contributed by atoms with Gasteiger partial charge in [-0.15, -0.1) is 0 Å². The summed E-state index contributed by atoms with van der Waals surface area (Å²) in [6, 6.07) is 17.7. The van der Waals surface area contributed by atoms with Crippen molar-refractivity contribution in [2.75, 3.05) is 0 Å². The van der Waals surface area contributed by atoms with E-state index in [1.165, 1.54) is 0 Å². The van der Waals surface area contributed by atoms with Gasteiger partial charge in [0.05, 0.1) is 24.9 Å². The number of nitrogens with one attached hydrogen (secondary N) is 2. The minimum absolute atomic E-state index is 0.00299. The summed E-state index contributed by atoms with van der Waals surface area (Å²) in [6.07, 6.45) is 1.61. The molecule has 2 fully saturated rings. The molecular formula is C22H20ClN3O3. The first-order chi connectivity index (χ1) is 14.1. The van der Waals surface area contributed by atoms with Crippen molar-refractivity contribution in [2.45, 2.75) is 24.7 Å². The summed E-state index contributed by atoms with van der Waals surface area (Å²) in [5.74, 6) is 0.812. The molecule has 2 aromatic carbocycles. The second-order valence-electron chi connectivity index (χ2n) is 7.42. The molecule has 1 aromatic heterocycles. The van der Waals surface area contributed by atoms with E-state index in [9.17, 15) is 9.90 Å². The van der Waals surface area contributed by atoms with Crippen LogP contribution < -0.4 is 10.9 Å². The van der Waals surface area contributed by atoms with Gasteiger partial charge in [0.15, 0.2) is 0 Å². The molecule has 3 N–H and O–H groups in total. The Bertz CT molecular complexity index is 1020. The summed E-state index contributed by atoms with van der Waals surface area (Å²) in [5, 5.41) is 11.1. The normalized spacial score (nSPS) is 26.1. The van der Waals surface area contributed by atoms with Crippen LogP contribution in [0.2, 0.25) is 5.02 Å². The number of likely N-dealkylation sites (tertiary alicyclic amines) is 1. The van der Waals surface area contributed by atoms with E-state index in [0.29, 0.717) is 11.6 Å². The van der Waals surface area contributed by atoms with Gasteiger partial charge in [-0.1, -0.05) is 41.9 Å². The highest BCUT2D eigenvalue weighted by molar-refractivity contribution is 6.30. The summed E-state index contributed by atoms with van der Waals surface area (Å²) in [5.41, 5.74) is 8.14. The van der Waals surface area contributed by atoms with Crippen LogP contribution in [-0.2, 0) is 11.3 Å². The molecule has 4 unspecified atom stereocenters. The predicted octanol–water partition coefficient (Wildman–Crippen LogP) is 3.56. The number of phenols is 1. The number of para-hydroxylation sites is 1. The number of hydrogen-bond acceptors (Lipinski definition) is 5. The quantitative estimate of drug-likeness (QED) is 0.614. The lowest BCUT2D eigenvalue weighted by Crippen LogP contribution is -2.41. The number of carbonyl (C=O) groups is 1. The first-order valence-electron chi connectivity index (χ1n) is 9.51. The minimum Gasteiger partial charge on any atom is -0.508 e. The van der Waals surface area contributed by atoms with Gasteiger partial charge in [0, 0.05) is 16.5 Å². The molecule has 5 rings (SSSR count). The number of aromatic hydroxyl groups is 1. The largest absolute Gasteiger partial charge is 0.508 e. The number of phenolic OH excluding ortho intramolecular Hbond substituents is 1. The average Bonchev–Trinajstić information content (AvgIpc) is 3.44. The van der Waals surface area contributed by atoms with Gasteiger partial charge in [0.2, 0.25) is 5.91 Å². The summed E-state index contributed by atoms with van der Waals surface area (Å²) < 4.78 is 5.51. The van der Waals surface area contributed by atoms with Gasteiger partial charge in [-0.05, 0) is 35.9 Å². The first-order valence-corrected chi connectivity index (χ1v) is 9.88. The van der Waals surface area contributed by atoms with E-state index in [-0.39, 0.29) is 29.7 Å². The van der Waals surface area contributed by atoms with Crippen molar-refractivity contribution in [3.05, 3.63) is 88.8 Å². The Morgan fingerprint density at radius 3 is 2.48 bits per heavy atom. The molecule has 0 aliphatic carbocycles. The molecule has 0 bridgehead atoms. The Hall–Kier alpha value is -2.80. The van der Waals surface area contributed by atoms with Crippen molar-refractivity contribution < 1.29 is 14.3 Å². The van der Waals surface area contributed by atoms with Crippen LogP contribution in [0.15, 0.2) is 71.3 Å². The number of hydrogen-bond donors (Lipinski definition) is 3. The number of fused-ring (bicyclic) bond motifs is 1. The highest BCUT2D eigenvalue weighted by atomic mass is 35.5. The van der Waals surface area contributed by atoms with Crippen LogP contribution >= 0.6 is 11.6 Å². The number of hydrazine groups is 1. The number of halogens is 1. The summed E-state index contributed by atoms with van der Waals surface area (Å²) >= 11 is 6.10. The number of furan rings is 1. The summed E-state index contributed by atoms with van der Waals surface area (Å²) in [7, 11) is 0. The van der Waals surface area contributed by atoms with Gasteiger partial charge < -0.3 is 14.4 Å². The highest BCUT2D eigenvalue weighted by Gasteiger charge is 2.55. The monoisotopic (exact) mass is 409 g/mol. The Balaban J connectivity index is 1.58. The van der Waals surface area contributed by atoms with E-state index in [1.54, 1.807) is 18.4 Å². The van der Waals surface area contributed by atoms with Crippen LogP contribution in [0, 0.1) is 5.92 Å². The third-order valence-electron chi connectivity index (χ3n) is 5.80. The van der Waals surface area contributed by atoms with Gasteiger partial charge in [-0.2, -0.15) is 0 Å². The fourth-order valence-corrected chi connectivity index (χ4v) is 4.65. The smallest absolute Gasteiger partial charge is 0.242 e. The lowest BCUT2D eigenvalue weighted by Gasteiger charge is -2.31. The Morgan fingerprint density at radius 2 is 1.76 bits per heavy atom. The molecule has 6 nitrogen and oxygen atoms in total. The third kappa shape index (κ3) is 3.09. The van der Waals surface area contributed by atoms with E-state index in [1.807, 2.05) is 53.4 Å². The van der Waals surface area contributed by atoms with Gasteiger partial charge in [-0.3, -0.25) is 4.79 Å². The van der Waals surface area contributed by atoms with Crippen LogP contribution in [0.1, 0.15) is 29.0 Å². The summed E-state index contributed by atoms with van der Waals surface area (Å²) in [6.45, 7) is 0.376. The van der Waals surface area contributed by atoms with Gasteiger partial charge in [0.25, 0.3) is 0 Å². The van der Waals surface area contributed by atoms with Crippen molar-refractivity contribution >= 4 is 17.5 Å². The molecule has 7 heteroatoms. The number of rotatable bonds is 4. The van der Waals surface area contributed by atoms with E-state index in [0.717, 1.165) is 16.9 Å². The maximum atomic E-state index is 13.3. The molecule has 1 amide bonds. The fraction of sp³-hybridized carbons (Fsp3) is 0.227. The molecule has 29 heavy (non-hydrogen) atoms. The Labute approximate surface area is 173 Å². The minimum atomic E-state index is -0.407. The van der Waals surface area contributed by atoms with Gasteiger partial charge >= 0.3 is 0 Å². The molecular weight excluding hydrogens is 390 g/mol. The van der Waals surface area contributed by atoms with Gasteiger partial charge in [0.1, 0.15) is 17.6 Å². The van der Waals surface area contributed by atoms with Crippen LogP contribution in [0.25, 0.3) is 0 Å². The van der Waals surface area contributed by atoms with E-state index >= 15 is 0 Å². The van der Waals surface area contributed by atoms with E-state index in [2.05, 4.69) is 10.9 Å². The zero-order valence-electron chi connectivity index (χ0n) is 15.5. The van der Waals surface area contributed by atoms with Crippen LogP contribution in [0.4, 0.5) is 0 Å². The van der Waals surface area contributed by atoms with Crippen LogP contribution in [0.5, 0.6) is 5.75 Å². The SMILES string of the molecule is O=C1C2NNC(c3ccccc3O)C2C(c2ccc(Cl)cc2)N1Cc1ccco1. The van der Waals surface area contributed by atoms with Gasteiger partial charge in [-0.25, -0.2) is 10.9 Å². The molecule has 4 atom stereocenters. The molecule has 2 aliphatic rings. The predicted molar refractivity (Wildman–Crippen MR) is 108 cm³/mol. The number of nitrogens with zero attached hydrogens (tertiary/aromatic N) is 1. The van der Waals surface area contributed by atoms with Crippen molar-refractivity contribution in [1.29, 1.82) is 0 Å². The Morgan fingerprint density at radius 1 is 1.00 bits per heavy atom. The van der Waals surface area contributed by atoms with Crippen molar-refractivity contribution in [2.24, 2.45) is 5.92 Å². The van der Waals surface area contributed by atoms with Crippen molar-refractivity contribution in [1.82, 2.24) is 15.8 Å². The fourth-order valence-electron chi connectivity index (χ4n) is 4.52. The van der Waals surface area contributed by atoms with Crippen molar-refractivity contribution in [3.63, 3.8) is 0 Å². The highest BCUT2D eigenvalue weighted by Crippen LogP contribution is 2.49. The lowest BCUT2D eigenvalue weighted by molar-refractivity contribution is -0.131. The topological polar surface area (TPSA) is 77.7 Å². The second-order valence-corrected chi connectivity index (χ2v) is 7.86. The summed E-state index contributed by atoms with van der Waals surface area (Å²) in [4.78, 5) is 15.2. The zero-order valence-corrected chi connectivity index (χ0v) is 16.2. The molecule has 0 spiro atoms. The molecule has 3 heterocycles. The first kappa shape index (κ1) is 18.2. The number of benzene rings is 2.